The van der Waals surface area contributed by atoms with E-state index in [4.69, 9.17) is 14.2 Å². The molecule has 0 rings (SSSR count). The van der Waals surface area contributed by atoms with Crippen molar-refractivity contribution in [3.8, 4) is 0 Å². The molecule has 6 heteroatoms. The van der Waals surface area contributed by atoms with E-state index in [-0.39, 0.29) is 31.1 Å². The third-order valence-corrected chi connectivity index (χ3v) is 14.4. The lowest BCUT2D eigenvalue weighted by atomic mass is 10.0. The molecule has 0 bridgehead atoms. The van der Waals surface area contributed by atoms with Crippen LogP contribution in [-0.4, -0.2) is 37.2 Å². The van der Waals surface area contributed by atoms with E-state index in [1.54, 1.807) is 0 Å². The smallest absolute Gasteiger partial charge is 0.306 e. The zero-order valence-corrected chi connectivity index (χ0v) is 50.5. The zero-order valence-electron chi connectivity index (χ0n) is 50.5. The van der Waals surface area contributed by atoms with Crippen LogP contribution in [0.1, 0.15) is 335 Å². The lowest BCUT2D eigenvalue weighted by Crippen LogP contribution is -2.30. The summed E-state index contributed by atoms with van der Waals surface area (Å²) in [5.41, 5.74) is 0. The van der Waals surface area contributed by atoms with Crippen LogP contribution < -0.4 is 0 Å². The minimum Gasteiger partial charge on any atom is -0.462 e. The van der Waals surface area contributed by atoms with Crippen molar-refractivity contribution in [1.82, 2.24) is 0 Å². The molecule has 0 amide bonds. The molecule has 0 heterocycles. The van der Waals surface area contributed by atoms with Gasteiger partial charge in [0.25, 0.3) is 0 Å². The van der Waals surface area contributed by atoms with Crippen LogP contribution in [0.2, 0.25) is 0 Å². The molecule has 440 valence electrons. The van der Waals surface area contributed by atoms with Crippen LogP contribution in [0.3, 0.4) is 0 Å². The Morgan fingerprint density at radius 1 is 0.263 bits per heavy atom. The summed E-state index contributed by atoms with van der Waals surface area (Å²) in [6.45, 7) is 6.61. The number of ether oxygens (including phenoxy) is 3. The molecule has 0 radical (unpaired) electrons. The summed E-state index contributed by atoms with van der Waals surface area (Å²) >= 11 is 0. The summed E-state index contributed by atoms with van der Waals surface area (Å²) in [6.07, 6.45) is 83.6. The first-order valence-corrected chi connectivity index (χ1v) is 32.9. The summed E-state index contributed by atoms with van der Waals surface area (Å²) in [5, 5.41) is 0. The van der Waals surface area contributed by atoms with Crippen LogP contribution >= 0.6 is 0 Å². The Morgan fingerprint density at radius 3 is 0.737 bits per heavy atom. The Balaban J connectivity index is 4.17. The molecule has 0 saturated heterocycles. The van der Waals surface area contributed by atoms with Crippen molar-refractivity contribution in [2.45, 2.75) is 341 Å². The van der Waals surface area contributed by atoms with Gasteiger partial charge in [-0.25, -0.2) is 0 Å². The van der Waals surface area contributed by atoms with Crippen molar-refractivity contribution in [2.24, 2.45) is 0 Å². The average molecular weight is 1060 g/mol. The van der Waals surface area contributed by atoms with Gasteiger partial charge in [-0.3, -0.25) is 14.4 Å². The molecule has 76 heavy (non-hydrogen) atoms. The quantitative estimate of drug-likeness (QED) is 0.0261. The molecule has 0 aliphatic carbocycles. The number of unbranched alkanes of at least 4 members (excludes halogenated alkanes) is 37. The van der Waals surface area contributed by atoms with E-state index in [0.29, 0.717) is 19.3 Å². The standard InChI is InChI=1S/C70H124O6/c1-4-7-10-13-16-19-21-23-25-27-29-31-33-34-35-36-38-39-41-43-45-47-49-51-54-57-60-63-69(72)75-66-67(65-74-68(71)62-59-56-53-18-15-12-9-6-3)76-70(73)64-61-58-55-52-50-48-46-44-42-40-37-32-30-28-26-24-22-20-17-14-11-8-5-2/h21-24,27-30,33-34,37,40,67H,4-20,25-26,31-32,35-36,38-39,41-66H2,1-3H3/b23-21-,24-22-,29-27-,30-28-,34-33-,40-37-. The summed E-state index contributed by atoms with van der Waals surface area (Å²) in [7, 11) is 0. The van der Waals surface area contributed by atoms with Crippen LogP contribution in [0, 0.1) is 0 Å². The van der Waals surface area contributed by atoms with Crippen LogP contribution in [0.4, 0.5) is 0 Å². The maximum Gasteiger partial charge on any atom is 0.306 e. The molecule has 0 aromatic heterocycles. The van der Waals surface area contributed by atoms with Gasteiger partial charge in [-0.15, -0.1) is 0 Å². The van der Waals surface area contributed by atoms with E-state index >= 15 is 0 Å². The summed E-state index contributed by atoms with van der Waals surface area (Å²) < 4.78 is 16.9. The molecule has 0 aromatic rings. The number of carbonyl (C=O) groups excluding carboxylic acids is 3. The summed E-state index contributed by atoms with van der Waals surface area (Å²) in [5.74, 6) is -0.876. The molecule has 0 N–H and O–H groups in total. The van der Waals surface area contributed by atoms with Crippen molar-refractivity contribution >= 4 is 17.9 Å². The molecule has 0 aromatic carbocycles. The zero-order chi connectivity index (χ0) is 55.0. The lowest BCUT2D eigenvalue weighted by molar-refractivity contribution is -0.167. The van der Waals surface area contributed by atoms with Gasteiger partial charge in [0, 0.05) is 19.3 Å². The van der Waals surface area contributed by atoms with Crippen LogP contribution in [0.25, 0.3) is 0 Å². The highest BCUT2D eigenvalue weighted by Crippen LogP contribution is 2.16. The predicted octanol–water partition coefficient (Wildman–Crippen LogP) is 22.5. The molecule has 6 nitrogen and oxygen atoms in total. The Hall–Kier alpha value is -3.15. The number of hydrogen-bond acceptors (Lipinski definition) is 6. The molecule has 0 aliphatic rings. The average Bonchev–Trinajstić information content (AvgIpc) is 3.42. The molecule has 1 atom stereocenters. The van der Waals surface area contributed by atoms with E-state index in [0.717, 1.165) is 89.9 Å². The third kappa shape index (κ3) is 61.7. The van der Waals surface area contributed by atoms with Gasteiger partial charge in [0.05, 0.1) is 0 Å². The first kappa shape index (κ1) is 72.8. The Labute approximate surface area is 472 Å². The largest absolute Gasteiger partial charge is 0.462 e. The topological polar surface area (TPSA) is 78.9 Å². The summed E-state index contributed by atoms with van der Waals surface area (Å²) in [6, 6.07) is 0. The molecule has 1 unspecified atom stereocenters. The van der Waals surface area contributed by atoms with Gasteiger partial charge in [0.1, 0.15) is 13.2 Å². The van der Waals surface area contributed by atoms with Crippen molar-refractivity contribution in [3.05, 3.63) is 72.9 Å². The van der Waals surface area contributed by atoms with Crippen molar-refractivity contribution in [1.29, 1.82) is 0 Å². The van der Waals surface area contributed by atoms with Gasteiger partial charge >= 0.3 is 17.9 Å². The van der Waals surface area contributed by atoms with Crippen molar-refractivity contribution < 1.29 is 28.6 Å². The van der Waals surface area contributed by atoms with Crippen LogP contribution in [-0.2, 0) is 28.6 Å². The highest BCUT2D eigenvalue weighted by molar-refractivity contribution is 5.71. The predicted molar refractivity (Wildman–Crippen MR) is 330 cm³/mol. The van der Waals surface area contributed by atoms with Gasteiger partial charge < -0.3 is 14.2 Å². The minimum atomic E-state index is -0.778. The molecule has 0 spiro atoms. The van der Waals surface area contributed by atoms with Gasteiger partial charge in [0.15, 0.2) is 6.10 Å². The number of carbonyl (C=O) groups is 3. The molecule has 0 fully saturated rings. The fraction of sp³-hybridized carbons (Fsp3) is 0.786. The molecule has 0 aliphatic heterocycles. The van der Waals surface area contributed by atoms with E-state index in [2.05, 4.69) is 93.7 Å². The second-order valence-electron chi connectivity index (χ2n) is 22.0. The van der Waals surface area contributed by atoms with Gasteiger partial charge in [0.2, 0.25) is 0 Å². The van der Waals surface area contributed by atoms with E-state index in [9.17, 15) is 14.4 Å². The lowest BCUT2D eigenvalue weighted by Gasteiger charge is -2.18. The normalized spacial score (nSPS) is 12.5. The SMILES string of the molecule is CCCCCCC/C=C\C/C=C\C/C=C\CCCCCCCCCCCCCCC(=O)OCC(COC(=O)CCCCCCCCCC)OC(=O)CCCCCCCCCC/C=C\C/C=C\C/C=C\CCCCCCC. The fourth-order valence-corrected chi connectivity index (χ4v) is 9.46. The number of rotatable bonds is 60. The highest BCUT2D eigenvalue weighted by atomic mass is 16.6. The minimum absolute atomic E-state index is 0.0766. The van der Waals surface area contributed by atoms with Gasteiger partial charge in [-0.1, -0.05) is 293 Å². The van der Waals surface area contributed by atoms with Crippen LogP contribution in [0.5, 0.6) is 0 Å². The molecular weight excluding hydrogens is 937 g/mol. The number of allylic oxidation sites excluding steroid dienone is 12. The van der Waals surface area contributed by atoms with E-state index < -0.39 is 6.10 Å². The monoisotopic (exact) mass is 1060 g/mol. The Kier molecular flexibility index (Phi) is 61.7. The van der Waals surface area contributed by atoms with E-state index in [1.807, 2.05) is 0 Å². The molecular formula is C70H124O6. The van der Waals surface area contributed by atoms with E-state index in [1.165, 1.54) is 205 Å². The summed E-state index contributed by atoms with van der Waals surface area (Å²) in [4.78, 5) is 38.2. The fourth-order valence-electron chi connectivity index (χ4n) is 9.46. The maximum absolute atomic E-state index is 12.9. The van der Waals surface area contributed by atoms with Crippen molar-refractivity contribution in [3.63, 3.8) is 0 Å². The second kappa shape index (κ2) is 64.4. The van der Waals surface area contributed by atoms with Gasteiger partial charge in [-0.2, -0.15) is 0 Å². The number of esters is 3. The Bertz CT molecular complexity index is 1400. The maximum atomic E-state index is 12.9. The van der Waals surface area contributed by atoms with Crippen LogP contribution in [0.15, 0.2) is 72.9 Å². The first-order chi connectivity index (χ1) is 37.5. The highest BCUT2D eigenvalue weighted by Gasteiger charge is 2.19. The molecule has 0 saturated carbocycles. The van der Waals surface area contributed by atoms with Gasteiger partial charge in [-0.05, 0) is 96.3 Å². The second-order valence-corrected chi connectivity index (χ2v) is 22.0. The van der Waals surface area contributed by atoms with Crippen molar-refractivity contribution in [2.75, 3.05) is 13.2 Å². The number of hydrogen-bond donors (Lipinski definition) is 0. The Morgan fingerprint density at radius 2 is 0.474 bits per heavy atom. The first-order valence-electron chi connectivity index (χ1n) is 32.9. The third-order valence-electron chi connectivity index (χ3n) is 14.4.